The Morgan fingerprint density at radius 1 is 1.08 bits per heavy atom. The SMILES string of the molecule is O=C(CSc1c(Cl)cccc1Cl)Nc1ccc(CN2CCOCC2)cc1. The highest BCUT2D eigenvalue weighted by molar-refractivity contribution is 8.00. The number of benzene rings is 2. The Morgan fingerprint density at radius 3 is 2.38 bits per heavy atom. The number of carbonyl (C=O) groups excluding carboxylic acids is 1. The van der Waals surface area contributed by atoms with Gasteiger partial charge in [-0.1, -0.05) is 41.4 Å². The van der Waals surface area contributed by atoms with Crippen molar-refractivity contribution in [1.82, 2.24) is 4.90 Å². The lowest BCUT2D eigenvalue weighted by molar-refractivity contribution is -0.113. The van der Waals surface area contributed by atoms with Gasteiger partial charge >= 0.3 is 0 Å². The number of anilines is 1. The third-order valence-electron chi connectivity index (χ3n) is 4.01. The molecule has 138 valence electrons. The molecule has 0 aliphatic carbocycles. The van der Waals surface area contributed by atoms with Crippen molar-refractivity contribution in [2.75, 3.05) is 37.4 Å². The van der Waals surface area contributed by atoms with Crippen molar-refractivity contribution >= 4 is 46.6 Å². The van der Waals surface area contributed by atoms with Crippen LogP contribution in [0.3, 0.4) is 0 Å². The highest BCUT2D eigenvalue weighted by atomic mass is 35.5. The Morgan fingerprint density at radius 2 is 1.73 bits per heavy atom. The van der Waals surface area contributed by atoms with Gasteiger partial charge in [0.05, 0.1) is 29.0 Å². The maximum Gasteiger partial charge on any atom is 0.234 e. The molecule has 7 heteroatoms. The molecule has 26 heavy (non-hydrogen) atoms. The lowest BCUT2D eigenvalue weighted by Crippen LogP contribution is -2.35. The number of nitrogens with one attached hydrogen (secondary N) is 1. The molecule has 1 saturated heterocycles. The molecule has 0 spiro atoms. The van der Waals surface area contributed by atoms with E-state index in [9.17, 15) is 4.79 Å². The highest BCUT2D eigenvalue weighted by Crippen LogP contribution is 2.33. The van der Waals surface area contributed by atoms with Crippen LogP contribution in [0.25, 0.3) is 0 Å². The molecule has 0 bridgehead atoms. The molecular formula is C19H20Cl2N2O2S. The zero-order chi connectivity index (χ0) is 18.4. The predicted octanol–water partition coefficient (Wildman–Crippen LogP) is 4.56. The highest BCUT2D eigenvalue weighted by Gasteiger charge is 2.12. The normalized spacial score (nSPS) is 15.0. The van der Waals surface area contributed by atoms with Crippen molar-refractivity contribution in [3.05, 3.63) is 58.1 Å². The largest absolute Gasteiger partial charge is 0.379 e. The quantitative estimate of drug-likeness (QED) is 0.708. The Bertz CT molecular complexity index is 729. The van der Waals surface area contributed by atoms with E-state index in [4.69, 9.17) is 27.9 Å². The fourth-order valence-electron chi connectivity index (χ4n) is 2.67. The van der Waals surface area contributed by atoms with Gasteiger partial charge in [0.2, 0.25) is 5.91 Å². The summed E-state index contributed by atoms with van der Waals surface area (Å²) >= 11 is 13.6. The lowest BCUT2D eigenvalue weighted by Gasteiger charge is -2.26. The first-order valence-corrected chi connectivity index (χ1v) is 10.1. The molecule has 1 aliphatic rings. The van der Waals surface area contributed by atoms with E-state index in [0.29, 0.717) is 10.0 Å². The number of ether oxygens (including phenoxy) is 1. The summed E-state index contributed by atoms with van der Waals surface area (Å²) in [7, 11) is 0. The molecule has 1 aliphatic heterocycles. The van der Waals surface area contributed by atoms with Crippen molar-refractivity contribution in [3.63, 3.8) is 0 Å². The van der Waals surface area contributed by atoms with Crippen LogP contribution in [0.1, 0.15) is 5.56 Å². The van der Waals surface area contributed by atoms with E-state index in [2.05, 4.69) is 10.2 Å². The Kier molecular flexibility index (Phi) is 7.23. The van der Waals surface area contributed by atoms with Crippen LogP contribution in [-0.2, 0) is 16.1 Å². The van der Waals surface area contributed by atoms with Gasteiger partial charge in [0, 0.05) is 30.2 Å². The number of halogens is 2. The van der Waals surface area contributed by atoms with Crippen molar-refractivity contribution in [1.29, 1.82) is 0 Å². The van der Waals surface area contributed by atoms with Crippen molar-refractivity contribution in [3.8, 4) is 0 Å². The zero-order valence-electron chi connectivity index (χ0n) is 14.2. The molecule has 1 heterocycles. The fraction of sp³-hybridized carbons (Fsp3) is 0.316. The van der Waals surface area contributed by atoms with Gasteiger partial charge in [0.25, 0.3) is 0 Å². The van der Waals surface area contributed by atoms with Crippen LogP contribution in [0.2, 0.25) is 10.0 Å². The Balaban J connectivity index is 1.49. The van der Waals surface area contributed by atoms with Crippen molar-refractivity contribution in [2.45, 2.75) is 11.4 Å². The van der Waals surface area contributed by atoms with Crippen LogP contribution >= 0.6 is 35.0 Å². The molecule has 4 nitrogen and oxygen atoms in total. The summed E-state index contributed by atoms with van der Waals surface area (Å²) in [6, 6.07) is 13.3. The van der Waals surface area contributed by atoms with Crippen LogP contribution in [0.5, 0.6) is 0 Å². The molecule has 1 amide bonds. The van der Waals surface area contributed by atoms with Gasteiger partial charge in [-0.2, -0.15) is 0 Å². The van der Waals surface area contributed by atoms with E-state index in [-0.39, 0.29) is 11.7 Å². The van der Waals surface area contributed by atoms with E-state index >= 15 is 0 Å². The molecule has 3 rings (SSSR count). The summed E-state index contributed by atoms with van der Waals surface area (Å²) in [4.78, 5) is 15.3. The Hall–Kier alpha value is -1.24. The monoisotopic (exact) mass is 410 g/mol. The first kappa shape index (κ1) is 19.5. The number of hydrogen-bond donors (Lipinski definition) is 1. The van der Waals surface area contributed by atoms with Gasteiger partial charge in [-0.3, -0.25) is 9.69 Å². The second-order valence-electron chi connectivity index (χ2n) is 5.97. The molecule has 0 radical (unpaired) electrons. The summed E-state index contributed by atoms with van der Waals surface area (Å²) in [5.74, 6) is 0.158. The van der Waals surface area contributed by atoms with E-state index in [1.807, 2.05) is 24.3 Å². The molecule has 0 saturated carbocycles. The number of nitrogens with zero attached hydrogens (tertiary/aromatic N) is 1. The number of rotatable bonds is 6. The molecule has 2 aromatic rings. The smallest absolute Gasteiger partial charge is 0.234 e. The average Bonchev–Trinajstić information content (AvgIpc) is 2.64. The second-order valence-corrected chi connectivity index (χ2v) is 7.77. The number of thioether (sulfide) groups is 1. The number of amides is 1. The first-order valence-electron chi connectivity index (χ1n) is 8.37. The van der Waals surface area contributed by atoms with Crippen LogP contribution in [-0.4, -0.2) is 42.9 Å². The number of morpholine rings is 1. The van der Waals surface area contributed by atoms with E-state index < -0.39 is 0 Å². The van der Waals surface area contributed by atoms with Gasteiger partial charge < -0.3 is 10.1 Å². The summed E-state index contributed by atoms with van der Waals surface area (Å²) in [6.07, 6.45) is 0. The summed E-state index contributed by atoms with van der Waals surface area (Å²) < 4.78 is 5.36. The standard InChI is InChI=1S/C19H20Cl2N2O2S/c20-16-2-1-3-17(21)19(16)26-13-18(24)22-15-6-4-14(5-7-15)12-23-8-10-25-11-9-23/h1-7H,8-13H2,(H,22,24). The minimum absolute atomic E-state index is 0.0908. The van der Waals surface area contributed by atoms with E-state index in [1.165, 1.54) is 17.3 Å². The van der Waals surface area contributed by atoms with Crippen LogP contribution in [0.4, 0.5) is 5.69 Å². The van der Waals surface area contributed by atoms with Gasteiger partial charge in [-0.25, -0.2) is 0 Å². The van der Waals surface area contributed by atoms with Crippen molar-refractivity contribution in [2.24, 2.45) is 0 Å². The van der Waals surface area contributed by atoms with Crippen LogP contribution < -0.4 is 5.32 Å². The van der Waals surface area contributed by atoms with E-state index in [0.717, 1.165) is 43.4 Å². The van der Waals surface area contributed by atoms with Crippen molar-refractivity contribution < 1.29 is 9.53 Å². The second kappa shape index (κ2) is 9.62. The minimum atomic E-state index is -0.0908. The third-order valence-corrected chi connectivity index (χ3v) is 6.00. The molecule has 1 N–H and O–H groups in total. The molecular weight excluding hydrogens is 391 g/mol. The molecule has 0 atom stereocenters. The van der Waals surface area contributed by atoms with Gasteiger partial charge in [-0.05, 0) is 29.8 Å². The predicted molar refractivity (Wildman–Crippen MR) is 108 cm³/mol. The summed E-state index contributed by atoms with van der Waals surface area (Å²) in [6.45, 7) is 4.40. The first-order chi connectivity index (χ1) is 12.6. The fourth-order valence-corrected chi connectivity index (χ4v) is 4.15. The minimum Gasteiger partial charge on any atom is -0.379 e. The summed E-state index contributed by atoms with van der Waals surface area (Å²) in [5.41, 5.74) is 2.01. The zero-order valence-corrected chi connectivity index (χ0v) is 16.5. The Labute approximate surface area is 167 Å². The lowest BCUT2D eigenvalue weighted by atomic mass is 10.2. The number of hydrogen-bond acceptors (Lipinski definition) is 4. The molecule has 0 unspecified atom stereocenters. The van der Waals surface area contributed by atoms with Crippen LogP contribution in [0, 0.1) is 0 Å². The summed E-state index contributed by atoms with van der Waals surface area (Å²) in [5, 5.41) is 4.02. The maximum atomic E-state index is 12.2. The van der Waals surface area contributed by atoms with Gasteiger partial charge in [0.15, 0.2) is 0 Å². The van der Waals surface area contributed by atoms with Gasteiger partial charge in [-0.15, -0.1) is 11.8 Å². The van der Waals surface area contributed by atoms with Crippen LogP contribution in [0.15, 0.2) is 47.4 Å². The van der Waals surface area contributed by atoms with E-state index in [1.54, 1.807) is 18.2 Å². The number of carbonyl (C=O) groups is 1. The topological polar surface area (TPSA) is 41.6 Å². The van der Waals surface area contributed by atoms with Gasteiger partial charge in [0.1, 0.15) is 0 Å². The molecule has 1 fully saturated rings. The molecule has 0 aromatic heterocycles. The average molecular weight is 411 g/mol. The maximum absolute atomic E-state index is 12.2. The third kappa shape index (κ3) is 5.63. The molecule has 2 aromatic carbocycles.